The summed E-state index contributed by atoms with van der Waals surface area (Å²) in [6.45, 7) is 6.87. The number of amides is 3. The number of nitrogens with zero attached hydrogens (tertiary/aromatic N) is 1. The highest BCUT2D eigenvalue weighted by Gasteiger charge is 2.18. The monoisotopic (exact) mass is 389 g/mol. The van der Waals surface area contributed by atoms with E-state index in [2.05, 4.69) is 22.5 Å². The molecular formula is C19H23N3O4S. The third kappa shape index (κ3) is 6.49. The van der Waals surface area contributed by atoms with Gasteiger partial charge >= 0.3 is 12.0 Å². The van der Waals surface area contributed by atoms with Gasteiger partial charge in [-0.15, -0.1) is 11.3 Å². The molecule has 0 saturated heterocycles. The van der Waals surface area contributed by atoms with Crippen LogP contribution < -0.4 is 10.6 Å². The molecule has 144 valence electrons. The number of nitrogens with one attached hydrogen (secondary N) is 2. The fourth-order valence-electron chi connectivity index (χ4n) is 2.12. The lowest BCUT2D eigenvalue weighted by Gasteiger charge is -2.20. The minimum atomic E-state index is -0.714. The van der Waals surface area contributed by atoms with Crippen molar-refractivity contribution in [2.24, 2.45) is 0 Å². The van der Waals surface area contributed by atoms with Gasteiger partial charge in [0.2, 0.25) is 0 Å². The number of esters is 1. The average molecular weight is 389 g/mol. The van der Waals surface area contributed by atoms with Crippen molar-refractivity contribution in [1.82, 2.24) is 15.6 Å². The van der Waals surface area contributed by atoms with E-state index in [1.54, 1.807) is 26.2 Å². The molecule has 0 aliphatic heterocycles. The molecule has 1 heterocycles. The predicted octanol–water partition coefficient (Wildman–Crippen LogP) is 3.15. The minimum Gasteiger partial charge on any atom is -0.451 e. The van der Waals surface area contributed by atoms with Gasteiger partial charge in [0.1, 0.15) is 5.01 Å². The number of aromatic nitrogens is 1. The van der Waals surface area contributed by atoms with Crippen molar-refractivity contribution >= 4 is 29.2 Å². The third-order valence-electron chi connectivity index (χ3n) is 3.40. The van der Waals surface area contributed by atoms with E-state index in [0.29, 0.717) is 5.01 Å². The van der Waals surface area contributed by atoms with Crippen molar-refractivity contribution in [2.75, 3.05) is 6.61 Å². The maximum atomic E-state index is 12.1. The van der Waals surface area contributed by atoms with Gasteiger partial charge in [0, 0.05) is 16.5 Å². The highest BCUT2D eigenvalue weighted by Crippen LogP contribution is 2.24. The molecule has 0 unspecified atom stereocenters. The van der Waals surface area contributed by atoms with Crippen LogP contribution in [0.5, 0.6) is 0 Å². The van der Waals surface area contributed by atoms with Crippen molar-refractivity contribution in [2.45, 2.75) is 39.7 Å². The first kappa shape index (κ1) is 20.6. The van der Waals surface area contributed by atoms with Gasteiger partial charge in [0.05, 0.1) is 0 Å². The number of rotatable bonds is 5. The smallest absolute Gasteiger partial charge is 0.358 e. The maximum absolute atomic E-state index is 12.1. The number of ether oxygens (including phenoxy) is 1. The van der Waals surface area contributed by atoms with Gasteiger partial charge in [-0.05, 0) is 32.8 Å². The van der Waals surface area contributed by atoms with Crippen LogP contribution in [0.1, 0.15) is 43.7 Å². The summed E-state index contributed by atoms with van der Waals surface area (Å²) in [4.78, 5) is 39.6. The van der Waals surface area contributed by atoms with Crippen LogP contribution in [-0.4, -0.2) is 35.0 Å². The molecule has 7 nitrogen and oxygen atoms in total. The number of imide groups is 1. The summed E-state index contributed by atoms with van der Waals surface area (Å²) in [5, 5.41) is 6.95. The molecule has 0 aliphatic rings. The highest BCUT2D eigenvalue weighted by molar-refractivity contribution is 7.13. The van der Waals surface area contributed by atoms with Gasteiger partial charge < -0.3 is 10.1 Å². The van der Waals surface area contributed by atoms with Crippen LogP contribution in [0.2, 0.25) is 0 Å². The van der Waals surface area contributed by atoms with Gasteiger partial charge in [-0.1, -0.05) is 31.2 Å². The number of carbonyl (C=O) groups is 3. The van der Waals surface area contributed by atoms with Crippen LogP contribution in [0, 0.1) is 0 Å². The lowest BCUT2D eigenvalue weighted by molar-refractivity contribution is -0.123. The molecule has 2 N–H and O–H groups in total. The molecule has 3 amide bonds. The van der Waals surface area contributed by atoms with Crippen LogP contribution in [0.3, 0.4) is 0 Å². The second-order valence-corrected chi connectivity index (χ2v) is 7.77. The zero-order valence-corrected chi connectivity index (χ0v) is 16.6. The number of hydrogen-bond donors (Lipinski definition) is 2. The van der Waals surface area contributed by atoms with Crippen LogP contribution in [-0.2, 0) is 16.0 Å². The van der Waals surface area contributed by atoms with Crippen LogP contribution in [0.15, 0.2) is 29.6 Å². The van der Waals surface area contributed by atoms with E-state index < -0.39 is 30.1 Å². The Morgan fingerprint density at radius 2 is 1.81 bits per heavy atom. The SMILES string of the molecule is CCc1ccc(-c2nc(C(=O)OCC(=O)NC(=O)NC(C)(C)C)cs2)cc1. The molecule has 1 aromatic carbocycles. The summed E-state index contributed by atoms with van der Waals surface area (Å²) >= 11 is 1.32. The van der Waals surface area contributed by atoms with E-state index in [9.17, 15) is 14.4 Å². The van der Waals surface area contributed by atoms with Gasteiger partial charge in [-0.25, -0.2) is 14.6 Å². The summed E-state index contributed by atoms with van der Waals surface area (Å²) in [7, 11) is 0. The fourth-order valence-corrected chi connectivity index (χ4v) is 2.92. The first-order valence-electron chi connectivity index (χ1n) is 8.52. The van der Waals surface area contributed by atoms with Crippen molar-refractivity contribution in [1.29, 1.82) is 0 Å². The Hall–Kier alpha value is -2.74. The molecule has 0 saturated carbocycles. The zero-order valence-electron chi connectivity index (χ0n) is 15.8. The number of urea groups is 1. The Kier molecular flexibility index (Phi) is 6.68. The van der Waals surface area contributed by atoms with E-state index in [1.165, 1.54) is 16.9 Å². The zero-order chi connectivity index (χ0) is 20.0. The van der Waals surface area contributed by atoms with Gasteiger partial charge in [0.25, 0.3) is 5.91 Å². The normalized spacial score (nSPS) is 11.0. The molecule has 8 heteroatoms. The van der Waals surface area contributed by atoms with E-state index in [4.69, 9.17) is 4.74 Å². The standard InChI is InChI=1S/C19H23N3O4S/c1-5-12-6-8-13(9-7-12)16-20-14(11-27-16)17(24)26-10-15(23)21-18(25)22-19(2,3)4/h6-9,11H,5,10H2,1-4H3,(H2,21,22,23,25). The topological polar surface area (TPSA) is 97.4 Å². The van der Waals surface area contributed by atoms with Crippen molar-refractivity contribution in [3.05, 3.63) is 40.9 Å². The molecule has 0 bridgehead atoms. The van der Waals surface area contributed by atoms with Crippen LogP contribution in [0.4, 0.5) is 4.79 Å². The number of hydrogen-bond acceptors (Lipinski definition) is 6. The number of carbonyl (C=O) groups excluding carboxylic acids is 3. The van der Waals surface area contributed by atoms with Crippen LogP contribution in [0.25, 0.3) is 10.6 Å². The summed E-state index contributed by atoms with van der Waals surface area (Å²) < 4.78 is 4.92. The summed E-state index contributed by atoms with van der Waals surface area (Å²) in [5.74, 6) is -1.43. The number of thiazole rings is 1. The Morgan fingerprint density at radius 3 is 2.41 bits per heavy atom. The molecule has 0 fully saturated rings. The molecule has 2 aromatic rings. The minimum absolute atomic E-state index is 0.126. The van der Waals surface area contributed by atoms with Gasteiger partial charge in [-0.2, -0.15) is 0 Å². The Labute approximate surface area is 162 Å². The molecule has 2 rings (SSSR count). The van der Waals surface area contributed by atoms with Gasteiger partial charge in [-0.3, -0.25) is 10.1 Å². The van der Waals surface area contributed by atoms with E-state index in [1.807, 2.05) is 24.3 Å². The second kappa shape index (κ2) is 8.77. The molecule has 27 heavy (non-hydrogen) atoms. The van der Waals surface area contributed by atoms with Crippen molar-refractivity contribution < 1.29 is 19.1 Å². The Bertz CT molecular complexity index is 822. The predicted molar refractivity (Wildman–Crippen MR) is 104 cm³/mol. The summed E-state index contributed by atoms with van der Waals surface area (Å²) in [6, 6.07) is 7.29. The lowest BCUT2D eigenvalue weighted by atomic mass is 10.1. The number of benzene rings is 1. The molecule has 0 spiro atoms. The van der Waals surface area contributed by atoms with Gasteiger partial charge in [0.15, 0.2) is 12.3 Å². The molecule has 0 radical (unpaired) electrons. The lowest BCUT2D eigenvalue weighted by Crippen LogP contribution is -2.49. The summed E-state index contributed by atoms with van der Waals surface area (Å²) in [5.41, 5.74) is 1.78. The second-order valence-electron chi connectivity index (χ2n) is 6.92. The van der Waals surface area contributed by atoms with Crippen molar-refractivity contribution in [3.8, 4) is 10.6 Å². The van der Waals surface area contributed by atoms with E-state index >= 15 is 0 Å². The molecule has 0 aliphatic carbocycles. The third-order valence-corrected chi connectivity index (χ3v) is 4.29. The average Bonchev–Trinajstić information content (AvgIpc) is 3.08. The molecular weight excluding hydrogens is 366 g/mol. The summed E-state index contributed by atoms with van der Waals surface area (Å²) in [6.07, 6.45) is 0.950. The Morgan fingerprint density at radius 1 is 1.15 bits per heavy atom. The van der Waals surface area contributed by atoms with Crippen molar-refractivity contribution in [3.63, 3.8) is 0 Å². The van der Waals surface area contributed by atoms with Crippen LogP contribution >= 0.6 is 11.3 Å². The highest BCUT2D eigenvalue weighted by atomic mass is 32.1. The Balaban J connectivity index is 1.88. The number of aryl methyl sites for hydroxylation is 1. The molecule has 1 aromatic heterocycles. The maximum Gasteiger partial charge on any atom is 0.358 e. The van der Waals surface area contributed by atoms with E-state index in [0.717, 1.165) is 12.0 Å². The largest absolute Gasteiger partial charge is 0.451 e. The quantitative estimate of drug-likeness (QED) is 0.766. The fraction of sp³-hybridized carbons (Fsp3) is 0.368. The molecule has 0 atom stereocenters. The first-order chi connectivity index (χ1) is 12.7. The van der Waals surface area contributed by atoms with E-state index in [-0.39, 0.29) is 5.69 Å². The first-order valence-corrected chi connectivity index (χ1v) is 9.40.